The van der Waals surface area contributed by atoms with Crippen molar-refractivity contribution in [1.29, 1.82) is 0 Å². The normalized spacial score (nSPS) is 26.4. The average Bonchev–Trinajstić information content (AvgIpc) is 2.70. The van der Waals surface area contributed by atoms with Crippen LogP contribution in [-0.4, -0.2) is 27.8 Å². The Labute approximate surface area is 158 Å². The molecule has 2 aromatic rings. The Kier molecular flexibility index (Phi) is 4.03. The third-order valence-electron chi connectivity index (χ3n) is 5.89. The summed E-state index contributed by atoms with van der Waals surface area (Å²) in [4.78, 5) is 29.7. The molecule has 0 fully saturated rings. The van der Waals surface area contributed by atoms with Crippen LogP contribution in [-0.2, 0) is 16.6 Å². The van der Waals surface area contributed by atoms with Crippen molar-refractivity contribution in [3.05, 3.63) is 59.0 Å². The van der Waals surface area contributed by atoms with Crippen LogP contribution in [0.2, 0.25) is 0 Å². The van der Waals surface area contributed by atoms with E-state index in [0.717, 1.165) is 29.7 Å². The molecule has 3 atom stereocenters. The smallest absolute Gasteiger partial charge is 0.226 e. The molecule has 0 radical (unpaired) electrons. The van der Waals surface area contributed by atoms with Gasteiger partial charge in [-0.25, -0.2) is 9.83 Å². The van der Waals surface area contributed by atoms with Crippen LogP contribution in [0.25, 0.3) is 16.2 Å². The van der Waals surface area contributed by atoms with E-state index in [1.807, 2.05) is 25.1 Å². The van der Waals surface area contributed by atoms with E-state index in [2.05, 4.69) is 21.7 Å². The molecule has 0 amide bonds. The minimum atomic E-state index is -0.506. The molecule has 0 unspecified atom stereocenters. The lowest BCUT2D eigenvalue weighted by atomic mass is 9.58. The molecule has 0 saturated heterocycles. The highest BCUT2D eigenvalue weighted by atomic mass is 16.5. The topological polar surface area (TPSA) is 69.3 Å². The van der Waals surface area contributed by atoms with Crippen LogP contribution in [0, 0.1) is 18.4 Å². The largest absolute Gasteiger partial charge is 0.481 e. The fourth-order valence-electron chi connectivity index (χ4n) is 4.51. The zero-order valence-corrected chi connectivity index (χ0v) is 15.6. The third kappa shape index (κ3) is 2.54. The number of carbonyl (C=O) groups is 1. The molecular formula is C21H20N4O2. The van der Waals surface area contributed by atoms with Gasteiger partial charge in [-0.3, -0.25) is 4.98 Å². The lowest BCUT2D eigenvalue weighted by Gasteiger charge is -2.45. The summed E-state index contributed by atoms with van der Waals surface area (Å²) in [5, 5.41) is 0. The van der Waals surface area contributed by atoms with Crippen LogP contribution in [0.4, 0.5) is 0 Å². The van der Waals surface area contributed by atoms with Crippen LogP contribution in [0.5, 0.6) is 5.88 Å². The van der Waals surface area contributed by atoms with Gasteiger partial charge in [0.2, 0.25) is 11.6 Å². The summed E-state index contributed by atoms with van der Waals surface area (Å²) in [6, 6.07) is 3.75. The molecule has 0 aliphatic heterocycles. The SMILES string of the molecule is [C-]#[N+]C1=C[C@@]2(C)c3nc(-c4cccnc4)nc(OC)c3CC[C@@H]2[C@@H](C)C1=O. The standard InChI is InChI=1S/C21H20N4O2/c1-12-15-8-7-14-18(21(15,2)10-16(22-3)17(12)26)24-19(25-20(14)27-4)13-6-5-9-23-11-13/h5-6,9-12,15H,7-8H2,1-2,4H3/t12-,15-,21-/m1/s1. The highest BCUT2D eigenvalue weighted by molar-refractivity contribution is 6.00. The monoisotopic (exact) mass is 360 g/mol. The zero-order chi connectivity index (χ0) is 19.2. The minimum absolute atomic E-state index is 0.0653. The van der Waals surface area contributed by atoms with E-state index >= 15 is 0 Å². The van der Waals surface area contributed by atoms with Crippen molar-refractivity contribution in [2.45, 2.75) is 32.1 Å². The zero-order valence-electron chi connectivity index (χ0n) is 15.6. The van der Waals surface area contributed by atoms with E-state index in [1.54, 1.807) is 19.5 Å². The number of aromatic nitrogens is 3. The molecule has 2 aromatic heterocycles. The number of carbonyl (C=O) groups excluding carboxylic acids is 1. The molecule has 4 rings (SSSR count). The van der Waals surface area contributed by atoms with Crippen LogP contribution >= 0.6 is 0 Å². The first-order chi connectivity index (χ1) is 13.0. The van der Waals surface area contributed by atoms with Gasteiger partial charge >= 0.3 is 0 Å². The molecule has 6 heteroatoms. The van der Waals surface area contributed by atoms with E-state index in [9.17, 15) is 4.79 Å². The van der Waals surface area contributed by atoms with Gasteiger partial charge in [0.25, 0.3) is 0 Å². The molecule has 6 nitrogen and oxygen atoms in total. The van der Waals surface area contributed by atoms with Crippen molar-refractivity contribution in [1.82, 2.24) is 15.0 Å². The second-order valence-corrected chi connectivity index (χ2v) is 7.35. The second kappa shape index (κ2) is 6.27. The predicted octanol–water partition coefficient (Wildman–Crippen LogP) is 3.39. The van der Waals surface area contributed by atoms with E-state index in [1.165, 1.54) is 0 Å². The predicted molar refractivity (Wildman–Crippen MR) is 99.8 cm³/mol. The maximum atomic E-state index is 12.5. The molecule has 2 aliphatic carbocycles. The van der Waals surface area contributed by atoms with Crippen molar-refractivity contribution in [2.75, 3.05) is 7.11 Å². The summed E-state index contributed by atoms with van der Waals surface area (Å²) in [6.45, 7) is 11.4. The number of fused-ring (bicyclic) bond motifs is 3. The molecule has 2 heterocycles. The summed E-state index contributed by atoms with van der Waals surface area (Å²) in [5.74, 6) is 0.928. The van der Waals surface area contributed by atoms with Gasteiger partial charge in [0, 0.05) is 34.9 Å². The summed E-state index contributed by atoms with van der Waals surface area (Å²) >= 11 is 0. The van der Waals surface area contributed by atoms with Gasteiger partial charge in [0.05, 0.1) is 19.4 Å². The van der Waals surface area contributed by atoms with Crippen LogP contribution < -0.4 is 4.74 Å². The van der Waals surface area contributed by atoms with Crippen LogP contribution in [0.15, 0.2) is 36.3 Å². The summed E-state index contributed by atoms with van der Waals surface area (Å²) in [5.41, 5.74) is 2.32. The lowest BCUT2D eigenvalue weighted by Crippen LogP contribution is -2.46. The lowest BCUT2D eigenvalue weighted by molar-refractivity contribution is -0.121. The summed E-state index contributed by atoms with van der Waals surface area (Å²) < 4.78 is 5.58. The van der Waals surface area contributed by atoms with E-state index < -0.39 is 5.41 Å². The molecule has 136 valence electrons. The number of rotatable bonds is 2. The maximum absolute atomic E-state index is 12.5. The van der Waals surface area contributed by atoms with Crippen molar-refractivity contribution in [3.63, 3.8) is 0 Å². The molecule has 2 aliphatic rings. The summed E-state index contributed by atoms with van der Waals surface area (Å²) in [7, 11) is 1.61. The minimum Gasteiger partial charge on any atom is -0.481 e. The maximum Gasteiger partial charge on any atom is 0.226 e. The number of pyridine rings is 1. The molecular weight excluding hydrogens is 340 g/mol. The fourth-order valence-corrected chi connectivity index (χ4v) is 4.51. The highest BCUT2D eigenvalue weighted by Gasteiger charge is 2.49. The Morgan fingerprint density at radius 1 is 1.37 bits per heavy atom. The first kappa shape index (κ1) is 17.3. The fraction of sp³-hybridized carbons (Fsp3) is 0.381. The van der Waals surface area contributed by atoms with Crippen molar-refractivity contribution in [3.8, 4) is 17.3 Å². The number of hydrogen-bond donors (Lipinski definition) is 0. The van der Waals surface area contributed by atoms with Gasteiger partial charge in [0.1, 0.15) is 0 Å². The van der Waals surface area contributed by atoms with E-state index in [0.29, 0.717) is 11.7 Å². The Bertz CT molecular complexity index is 993. The quantitative estimate of drug-likeness (QED) is 0.768. The molecule has 0 saturated carbocycles. The van der Waals surface area contributed by atoms with Gasteiger partial charge in [-0.05, 0) is 30.9 Å². The van der Waals surface area contributed by atoms with Crippen LogP contribution in [0.3, 0.4) is 0 Å². The van der Waals surface area contributed by atoms with Gasteiger partial charge in [-0.1, -0.05) is 19.9 Å². The van der Waals surface area contributed by atoms with E-state index in [-0.39, 0.29) is 23.3 Å². The van der Waals surface area contributed by atoms with Crippen molar-refractivity contribution >= 4 is 5.78 Å². The Morgan fingerprint density at radius 3 is 2.85 bits per heavy atom. The number of allylic oxidation sites excluding steroid dienone is 2. The number of hydrogen-bond acceptors (Lipinski definition) is 5. The number of Topliss-reactive ketones (excluding diaryl/α,β-unsaturated/α-hetero) is 1. The number of nitrogens with zero attached hydrogens (tertiary/aromatic N) is 4. The molecule has 0 spiro atoms. The number of ether oxygens (including phenoxy) is 1. The first-order valence-corrected chi connectivity index (χ1v) is 9.00. The van der Waals surface area contributed by atoms with E-state index in [4.69, 9.17) is 16.3 Å². The molecule has 0 N–H and O–H groups in total. The van der Waals surface area contributed by atoms with Crippen molar-refractivity contribution < 1.29 is 9.53 Å². The molecule has 27 heavy (non-hydrogen) atoms. The van der Waals surface area contributed by atoms with Gasteiger partial charge < -0.3 is 9.53 Å². The average molecular weight is 360 g/mol. The van der Waals surface area contributed by atoms with Gasteiger partial charge in [-0.2, -0.15) is 4.98 Å². The number of ketones is 1. The highest BCUT2D eigenvalue weighted by Crippen LogP contribution is 2.50. The van der Waals surface area contributed by atoms with Crippen LogP contribution in [0.1, 0.15) is 31.5 Å². The molecule has 0 bridgehead atoms. The Hall–Kier alpha value is -3.07. The van der Waals surface area contributed by atoms with Crippen molar-refractivity contribution in [2.24, 2.45) is 11.8 Å². The molecule has 0 aromatic carbocycles. The third-order valence-corrected chi connectivity index (χ3v) is 5.89. The second-order valence-electron chi connectivity index (χ2n) is 7.35. The Balaban J connectivity index is 1.98. The van der Waals surface area contributed by atoms with Gasteiger partial charge in [-0.15, -0.1) is 0 Å². The number of methoxy groups -OCH3 is 1. The summed E-state index contributed by atoms with van der Waals surface area (Å²) in [6.07, 6.45) is 6.83. The Morgan fingerprint density at radius 2 is 2.19 bits per heavy atom. The first-order valence-electron chi connectivity index (χ1n) is 9.00. The van der Waals surface area contributed by atoms with Gasteiger partial charge in [0.15, 0.2) is 11.6 Å².